The molecule has 0 saturated heterocycles. The van der Waals surface area contributed by atoms with Gasteiger partial charge in [0.1, 0.15) is 5.76 Å². The number of hydrogen-bond donors (Lipinski definition) is 1. The summed E-state index contributed by atoms with van der Waals surface area (Å²) in [6, 6.07) is 20.7. The van der Waals surface area contributed by atoms with Crippen LogP contribution in [0.4, 0.5) is 5.69 Å². The Balaban J connectivity index is 1.88. The molecule has 4 heteroatoms. The molecule has 0 aliphatic heterocycles. The lowest BCUT2D eigenvalue weighted by molar-refractivity contribution is -0.111. The Labute approximate surface area is 146 Å². The fraction of sp³-hybridized carbons (Fsp3) is 0.0952. The molecule has 0 aliphatic carbocycles. The second-order valence-corrected chi connectivity index (χ2v) is 5.53. The third-order valence-electron chi connectivity index (χ3n) is 3.66. The average molecular weight is 333 g/mol. The molecule has 126 valence electrons. The normalized spacial score (nSPS) is 11.3. The fourth-order valence-corrected chi connectivity index (χ4v) is 2.52. The number of carbonyl (C=O) groups excluding carboxylic acids is 1. The smallest absolute Gasteiger partial charge is 0.256 e. The summed E-state index contributed by atoms with van der Waals surface area (Å²) in [7, 11) is 1.64. The number of anilines is 1. The Kier molecular flexibility index (Phi) is 5.44. The number of carbonyl (C=O) groups is 1. The van der Waals surface area contributed by atoms with E-state index in [0.717, 1.165) is 16.8 Å². The Hall–Kier alpha value is -3.11. The molecule has 1 amide bonds. The van der Waals surface area contributed by atoms with Gasteiger partial charge in [-0.3, -0.25) is 4.79 Å². The molecule has 0 spiro atoms. The van der Waals surface area contributed by atoms with E-state index in [1.165, 1.54) is 0 Å². The molecule has 25 heavy (non-hydrogen) atoms. The molecule has 0 atom stereocenters. The summed E-state index contributed by atoms with van der Waals surface area (Å²) in [5, 5.41) is 2.95. The summed E-state index contributed by atoms with van der Waals surface area (Å²) in [6.07, 6.45) is 3.32. The van der Waals surface area contributed by atoms with E-state index in [0.29, 0.717) is 17.9 Å². The predicted octanol–water partition coefficient (Wildman–Crippen LogP) is 4.61. The second-order valence-electron chi connectivity index (χ2n) is 5.53. The number of rotatable bonds is 6. The highest BCUT2D eigenvalue weighted by molar-refractivity contribution is 6.29. The fourth-order valence-electron chi connectivity index (χ4n) is 2.52. The molecule has 4 nitrogen and oxygen atoms in total. The van der Waals surface area contributed by atoms with Crippen LogP contribution in [-0.4, -0.2) is 13.0 Å². The van der Waals surface area contributed by atoms with E-state index in [1.54, 1.807) is 25.5 Å². The molecule has 3 rings (SSSR count). The van der Waals surface area contributed by atoms with Crippen molar-refractivity contribution in [2.24, 2.45) is 0 Å². The van der Waals surface area contributed by atoms with Crippen LogP contribution in [0.5, 0.6) is 0 Å². The first-order chi connectivity index (χ1) is 12.3. The number of ether oxygens (including phenoxy) is 1. The quantitative estimate of drug-likeness (QED) is 0.671. The van der Waals surface area contributed by atoms with Gasteiger partial charge in [-0.05, 0) is 41.5 Å². The molecule has 0 fully saturated rings. The number of nitrogens with one attached hydrogen (secondary N) is 1. The summed E-state index contributed by atoms with van der Waals surface area (Å²) in [6.45, 7) is 0.498. The van der Waals surface area contributed by atoms with E-state index in [9.17, 15) is 4.79 Å². The lowest BCUT2D eigenvalue weighted by atomic mass is 10.0. The Bertz CT molecular complexity index is 852. The van der Waals surface area contributed by atoms with E-state index in [-0.39, 0.29) is 5.91 Å². The SMILES string of the molecule is COCc1cccc(NC(=O)/C(=C/c2ccco2)c2ccccc2)c1. The largest absolute Gasteiger partial charge is 0.465 e. The van der Waals surface area contributed by atoms with E-state index in [4.69, 9.17) is 9.15 Å². The van der Waals surface area contributed by atoms with Crippen molar-refractivity contribution in [1.29, 1.82) is 0 Å². The van der Waals surface area contributed by atoms with Crippen LogP contribution in [-0.2, 0) is 16.1 Å². The Morgan fingerprint density at radius 3 is 2.64 bits per heavy atom. The molecule has 0 aliphatic rings. The molecule has 0 bridgehead atoms. The molecule has 2 aromatic carbocycles. The van der Waals surface area contributed by atoms with E-state index >= 15 is 0 Å². The number of furan rings is 1. The van der Waals surface area contributed by atoms with Gasteiger partial charge < -0.3 is 14.5 Å². The first kappa shape index (κ1) is 16.7. The van der Waals surface area contributed by atoms with Crippen molar-refractivity contribution in [2.45, 2.75) is 6.61 Å². The number of amides is 1. The number of methoxy groups -OCH3 is 1. The average Bonchev–Trinajstić information content (AvgIpc) is 3.14. The molecule has 1 aromatic heterocycles. The Morgan fingerprint density at radius 1 is 1.08 bits per heavy atom. The van der Waals surface area contributed by atoms with Gasteiger partial charge >= 0.3 is 0 Å². The van der Waals surface area contributed by atoms with Gasteiger partial charge in [0.05, 0.1) is 18.4 Å². The lowest BCUT2D eigenvalue weighted by Gasteiger charge is -2.10. The van der Waals surface area contributed by atoms with Gasteiger partial charge in [0.15, 0.2) is 0 Å². The summed E-state index contributed by atoms with van der Waals surface area (Å²) in [4.78, 5) is 12.9. The van der Waals surface area contributed by atoms with E-state index < -0.39 is 0 Å². The van der Waals surface area contributed by atoms with Gasteiger partial charge in [-0.2, -0.15) is 0 Å². The monoisotopic (exact) mass is 333 g/mol. The maximum absolute atomic E-state index is 12.9. The summed E-state index contributed by atoms with van der Waals surface area (Å²) in [5.41, 5.74) is 3.08. The molecule has 0 radical (unpaired) electrons. The molecule has 3 aromatic rings. The molecule has 1 heterocycles. The highest BCUT2D eigenvalue weighted by Gasteiger charge is 2.13. The van der Waals surface area contributed by atoms with E-state index in [1.807, 2.05) is 60.7 Å². The highest BCUT2D eigenvalue weighted by Crippen LogP contribution is 2.21. The standard InChI is InChI=1S/C21H19NO3/c1-24-15-16-7-5-10-18(13-16)22-21(23)20(14-19-11-6-12-25-19)17-8-3-2-4-9-17/h2-14H,15H2,1H3,(H,22,23)/b20-14+. The maximum atomic E-state index is 12.9. The van der Waals surface area contributed by atoms with Crippen LogP contribution in [0.15, 0.2) is 77.4 Å². The van der Waals surface area contributed by atoms with Crippen LogP contribution in [0.3, 0.4) is 0 Å². The van der Waals surface area contributed by atoms with Crippen molar-refractivity contribution in [3.63, 3.8) is 0 Å². The number of hydrogen-bond acceptors (Lipinski definition) is 3. The van der Waals surface area contributed by atoms with Crippen molar-refractivity contribution < 1.29 is 13.9 Å². The molecular weight excluding hydrogens is 314 g/mol. The van der Waals surface area contributed by atoms with Gasteiger partial charge in [0, 0.05) is 12.8 Å². The van der Waals surface area contributed by atoms with Crippen LogP contribution >= 0.6 is 0 Å². The summed E-state index contributed by atoms with van der Waals surface area (Å²) in [5.74, 6) is 0.430. The summed E-state index contributed by atoms with van der Waals surface area (Å²) >= 11 is 0. The first-order valence-electron chi connectivity index (χ1n) is 7.96. The van der Waals surface area contributed by atoms with Crippen molar-refractivity contribution in [3.8, 4) is 0 Å². The van der Waals surface area contributed by atoms with Crippen LogP contribution < -0.4 is 5.32 Å². The molecule has 0 unspecified atom stereocenters. The minimum Gasteiger partial charge on any atom is -0.465 e. The topological polar surface area (TPSA) is 51.5 Å². The lowest BCUT2D eigenvalue weighted by Crippen LogP contribution is -2.13. The zero-order chi connectivity index (χ0) is 17.5. The van der Waals surface area contributed by atoms with Crippen molar-refractivity contribution in [2.75, 3.05) is 12.4 Å². The zero-order valence-corrected chi connectivity index (χ0v) is 13.9. The third-order valence-corrected chi connectivity index (χ3v) is 3.66. The van der Waals surface area contributed by atoms with Gasteiger partial charge in [-0.1, -0.05) is 42.5 Å². The summed E-state index contributed by atoms with van der Waals surface area (Å²) < 4.78 is 10.5. The van der Waals surface area contributed by atoms with Crippen molar-refractivity contribution >= 4 is 23.2 Å². The van der Waals surface area contributed by atoms with Gasteiger partial charge in [0.25, 0.3) is 5.91 Å². The molecule has 1 N–H and O–H groups in total. The minimum absolute atomic E-state index is 0.197. The van der Waals surface area contributed by atoms with Gasteiger partial charge in [-0.25, -0.2) is 0 Å². The Morgan fingerprint density at radius 2 is 1.92 bits per heavy atom. The maximum Gasteiger partial charge on any atom is 0.256 e. The molecular formula is C21H19NO3. The van der Waals surface area contributed by atoms with E-state index in [2.05, 4.69) is 5.32 Å². The third kappa shape index (κ3) is 4.46. The van der Waals surface area contributed by atoms with Crippen molar-refractivity contribution in [3.05, 3.63) is 89.9 Å². The van der Waals surface area contributed by atoms with Crippen LogP contribution in [0.1, 0.15) is 16.9 Å². The second kappa shape index (κ2) is 8.13. The van der Waals surface area contributed by atoms with Gasteiger partial charge in [-0.15, -0.1) is 0 Å². The van der Waals surface area contributed by atoms with Crippen LogP contribution in [0.25, 0.3) is 11.6 Å². The first-order valence-corrected chi connectivity index (χ1v) is 7.96. The highest BCUT2D eigenvalue weighted by atomic mass is 16.5. The predicted molar refractivity (Wildman–Crippen MR) is 98.8 cm³/mol. The van der Waals surface area contributed by atoms with Gasteiger partial charge in [0.2, 0.25) is 0 Å². The van der Waals surface area contributed by atoms with Crippen LogP contribution in [0.2, 0.25) is 0 Å². The minimum atomic E-state index is -0.197. The molecule has 0 saturated carbocycles. The zero-order valence-electron chi connectivity index (χ0n) is 13.9. The van der Waals surface area contributed by atoms with Crippen molar-refractivity contribution in [1.82, 2.24) is 0 Å². The van der Waals surface area contributed by atoms with Crippen LogP contribution in [0, 0.1) is 0 Å². The number of benzene rings is 2.